The zero-order valence-corrected chi connectivity index (χ0v) is 22.1. The normalized spacial score (nSPS) is 14.8. The second-order valence-corrected chi connectivity index (χ2v) is 7.61. The summed E-state index contributed by atoms with van der Waals surface area (Å²) in [6.07, 6.45) is 6.40. The van der Waals surface area contributed by atoms with E-state index in [1.54, 1.807) is 27.1 Å². The minimum Gasteiger partial charge on any atom is -0.542 e. The Balaban J connectivity index is -0.000000155. The zero-order chi connectivity index (χ0) is 22.3. The molecular formula is C22H38O5Y-2. The summed E-state index contributed by atoms with van der Waals surface area (Å²) >= 11 is 0. The second-order valence-electron chi connectivity index (χ2n) is 7.61. The first-order valence-electron chi connectivity index (χ1n) is 9.54. The Labute approximate surface area is 197 Å². The van der Waals surface area contributed by atoms with Crippen molar-refractivity contribution in [3.05, 3.63) is 0 Å². The third kappa shape index (κ3) is 17.5. The van der Waals surface area contributed by atoms with Crippen molar-refractivity contribution < 1.29 is 56.7 Å². The molecule has 5 nitrogen and oxygen atoms in total. The zero-order valence-electron chi connectivity index (χ0n) is 19.2. The van der Waals surface area contributed by atoms with Crippen LogP contribution in [-0.2, 0) is 56.7 Å². The summed E-state index contributed by atoms with van der Waals surface area (Å²) < 4.78 is 0. The molecule has 0 aliphatic carbocycles. The molecule has 6 heteroatoms. The fourth-order valence-corrected chi connectivity index (χ4v) is 1.73. The predicted molar refractivity (Wildman–Crippen MR) is 109 cm³/mol. The summed E-state index contributed by atoms with van der Waals surface area (Å²) in [6.45, 7) is 16.0. The van der Waals surface area contributed by atoms with Crippen LogP contribution in [0.3, 0.4) is 0 Å². The Morgan fingerprint density at radius 3 is 1.46 bits per heavy atom. The maximum atomic E-state index is 11.1. The first kappa shape index (κ1) is 34.9. The van der Waals surface area contributed by atoms with Crippen molar-refractivity contribution in [3.63, 3.8) is 0 Å². The van der Waals surface area contributed by atoms with Crippen molar-refractivity contribution in [2.45, 2.75) is 94.4 Å². The van der Waals surface area contributed by atoms with Gasteiger partial charge >= 0.3 is 0 Å². The number of hydrogen-bond donors (Lipinski definition) is 0. The van der Waals surface area contributed by atoms with Crippen molar-refractivity contribution >= 4 is 29.9 Å². The van der Waals surface area contributed by atoms with Crippen molar-refractivity contribution in [3.8, 4) is 0 Å². The summed E-state index contributed by atoms with van der Waals surface area (Å²) in [5, 5.41) is 0. The molecule has 0 heterocycles. The minimum atomic E-state index is -0.595. The fourth-order valence-electron chi connectivity index (χ4n) is 1.73. The molecular weight excluding hydrogens is 433 g/mol. The van der Waals surface area contributed by atoms with Gasteiger partial charge in [0.15, 0.2) is 0 Å². The molecule has 28 heavy (non-hydrogen) atoms. The molecule has 0 aliphatic heterocycles. The second kappa shape index (κ2) is 18.5. The molecule has 0 aromatic heterocycles. The summed E-state index contributed by atoms with van der Waals surface area (Å²) in [5.74, 6) is 0.752. The van der Waals surface area contributed by atoms with Gasteiger partial charge in [0, 0.05) is 50.5 Å². The van der Waals surface area contributed by atoms with Crippen LogP contribution in [-0.4, -0.2) is 29.9 Å². The number of carbonyl (C=O) groups excluding carboxylic acids is 5. The molecule has 0 saturated heterocycles. The first-order valence-corrected chi connectivity index (χ1v) is 9.54. The largest absolute Gasteiger partial charge is 0.542 e. The average Bonchev–Trinajstić information content (AvgIpc) is 2.61. The molecule has 0 aromatic carbocycles. The number of ketones is 3. The van der Waals surface area contributed by atoms with E-state index in [0.717, 1.165) is 12.8 Å². The van der Waals surface area contributed by atoms with E-state index in [1.165, 1.54) is 6.92 Å². The summed E-state index contributed by atoms with van der Waals surface area (Å²) in [5.41, 5.74) is -1.02. The summed E-state index contributed by atoms with van der Waals surface area (Å²) in [4.78, 5) is 52.2. The molecule has 0 rings (SSSR count). The van der Waals surface area contributed by atoms with Crippen LogP contribution in [0, 0.1) is 16.7 Å². The third-order valence-electron chi connectivity index (χ3n) is 5.06. The maximum absolute atomic E-state index is 11.1. The molecule has 161 valence electrons. The van der Waals surface area contributed by atoms with E-state index in [9.17, 15) is 24.0 Å². The number of carbonyl (C=O) groups is 3. The standard InChI is InChI=1S/C9H16O2.C7H10O2.C6H12O.Y/c1-5-9(4,8(3)11)6-7(2)10;1-3-7(2,6-9)4-5-8;1-4-5(2)6(3)7;/h5-6H2,1-4H3;3-4H2,1-2H3;5H,4H2,1-3H3;/q;-2;;. The van der Waals surface area contributed by atoms with Crippen LogP contribution in [0.25, 0.3) is 0 Å². The number of rotatable bonds is 10. The maximum Gasteiger partial charge on any atom is 0.136 e. The molecule has 0 aromatic rings. The van der Waals surface area contributed by atoms with Gasteiger partial charge in [0.25, 0.3) is 0 Å². The van der Waals surface area contributed by atoms with Crippen molar-refractivity contribution in [2.75, 3.05) is 0 Å². The van der Waals surface area contributed by atoms with Gasteiger partial charge in [-0.2, -0.15) is 11.8 Å². The van der Waals surface area contributed by atoms with Gasteiger partial charge in [0.1, 0.15) is 17.3 Å². The Morgan fingerprint density at radius 1 is 0.929 bits per heavy atom. The molecule has 0 saturated carbocycles. The molecule has 0 amide bonds. The number of hydrogen-bond acceptors (Lipinski definition) is 5. The van der Waals surface area contributed by atoms with E-state index < -0.39 is 10.8 Å². The fraction of sp³-hybridized carbons (Fsp3) is 0.773. The van der Waals surface area contributed by atoms with Gasteiger partial charge in [-0.3, -0.25) is 27.0 Å². The van der Waals surface area contributed by atoms with Gasteiger partial charge in [-0.15, -0.1) is 0 Å². The molecule has 0 N–H and O–H groups in total. The summed E-state index contributed by atoms with van der Waals surface area (Å²) in [7, 11) is 0. The molecule has 0 spiro atoms. The Bertz CT molecular complexity index is 489. The molecule has 1 radical (unpaired) electrons. The monoisotopic (exact) mass is 471 g/mol. The predicted octanol–water partition coefficient (Wildman–Crippen LogP) is 4.60. The Hall–Kier alpha value is -0.546. The van der Waals surface area contributed by atoms with E-state index >= 15 is 0 Å². The van der Waals surface area contributed by atoms with Crippen LogP contribution in [0.4, 0.5) is 0 Å². The third-order valence-corrected chi connectivity index (χ3v) is 5.06. The van der Waals surface area contributed by atoms with Crippen molar-refractivity contribution in [1.82, 2.24) is 0 Å². The van der Waals surface area contributed by atoms with Crippen LogP contribution in [0.5, 0.6) is 0 Å². The SMILES string of the molecule is CCC(C)(CC(C)=O)C(C)=O.CCC(C)([C-]=O)C[C-]=O.CCC(C)C(C)=O.[Y]. The van der Waals surface area contributed by atoms with Crippen molar-refractivity contribution in [1.29, 1.82) is 0 Å². The van der Waals surface area contributed by atoms with Gasteiger partial charge in [0.2, 0.25) is 0 Å². The molecule has 3 atom stereocenters. The van der Waals surface area contributed by atoms with Crippen molar-refractivity contribution in [2.24, 2.45) is 16.7 Å². The van der Waals surface area contributed by atoms with E-state index in [-0.39, 0.29) is 56.6 Å². The topological polar surface area (TPSA) is 85.3 Å². The van der Waals surface area contributed by atoms with Gasteiger partial charge < -0.3 is 9.59 Å². The van der Waals surface area contributed by atoms with Crippen LogP contribution < -0.4 is 0 Å². The molecule has 0 fully saturated rings. The first-order chi connectivity index (χ1) is 12.3. The van der Waals surface area contributed by atoms with Gasteiger partial charge in [-0.1, -0.05) is 48.0 Å². The summed E-state index contributed by atoms with van der Waals surface area (Å²) in [6, 6.07) is 0. The molecule has 0 bridgehead atoms. The quantitative estimate of drug-likeness (QED) is 0.435. The van der Waals surface area contributed by atoms with Crippen LogP contribution in [0.15, 0.2) is 0 Å². The van der Waals surface area contributed by atoms with Gasteiger partial charge in [-0.25, -0.2) is 0 Å². The Kier molecular flexibility index (Phi) is 23.1. The Morgan fingerprint density at radius 2 is 1.39 bits per heavy atom. The van der Waals surface area contributed by atoms with Crippen LogP contribution in [0.2, 0.25) is 0 Å². The number of Topliss-reactive ketones (excluding diaryl/α,β-unsaturated/α-hetero) is 3. The van der Waals surface area contributed by atoms with Crippen LogP contribution >= 0.6 is 0 Å². The molecule has 3 unspecified atom stereocenters. The van der Waals surface area contributed by atoms with E-state index in [4.69, 9.17) is 0 Å². The molecule has 0 aliphatic rings. The van der Waals surface area contributed by atoms with E-state index in [1.807, 2.05) is 40.9 Å². The average molecular weight is 471 g/mol. The smallest absolute Gasteiger partial charge is 0.136 e. The van der Waals surface area contributed by atoms with E-state index in [2.05, 4.69) is 0 Å². The van der Waals surface area contributed by atoms with Gasteiger partial charge in [-0.05, 0) is 33.6 Å². The minimum absolute atomic E-state index is 0. The van der Waals surface area contributed by atoms with E-state index in [0.29, 0.717) is 18.6 Å². The van der Waals surface area contributed by atoms with Crippen LogP contribution in [0.1, 0.15) is 94.4 Å². The van der Waals surface area contributed by atoms with Gasteiger partial charge in [0.05, 0.1) is 0 Å².